The van der Waals surface area contributed by atoms with E-state index in [1.165, 1.54) is 13.2 Å². The molecule has 1 aliphatic heterocycles. The van der Waals surface area contributed by atoms with Crippen LogP contribution in [-0.2, 0) is 9.59 Å². The van der Waals surface area contributed by atoms with Crippen LogP contribution in [0.25, 0.3) is 6.08 Å². The number of hydrogen-bond donors (Lipinski definition) is 0. The van der Waals surface area contributed by atoms with Gasteiger partial charge in [-0.3, -0.25) is 9.59 Å². The fourth-order valence-corrected chi connectivity index (χ4v) is 3.56. The number of amides is 4. The highest BCUT2D eigenvalue weighted by Crippen LogP contribution is 2.32. The number of para-hydroxylation sites is 2. The first-order chi connectivity index (χ1) is 16.0. The van der Waals surface area contributed by atoms with Gasteiger partial charge in [0.25, 0.3) is 11.8 Å². The molecule has 1 fully saturated rings. The van der Waals surface area contributed by atoms with E-state index in [1.54, 1.807) is 78.9 Å². The van der Waals surface area contributed by atoms with E-state index in [1.807, 2.05) is 6.92 Å². The van der Waals surface area contributed by atoms with Crippen molar-refractivity contribution in [3.63, 3.8) is 0 Å². The third kappa shape index (κ3) is 4.21. The second-order valence-electron chi connectivity index (χ2n) is 7.14. The zero-order chi connectivity index (χ0) is 23.4. The Bertz CT molecular complexity index is 1160. The molecule has 33 heavy (non-hydrogen) atoms. The van der Waals surface area contributed by atoms with Crippen LogP contribution in [0.15, 0.2) is 84.4 Å². The SMILES string of the molecule is CCOc1cc(C=C2C(=O)N(c3ccccc3)C(=O)N(c3ccccc3)C2=O)ccc1OC. The first kappa shape index (κ1) is 21.8. The van der Waals surface area contributed by atoms with E-state index in [0.717, 1.165) is 9.80 Å². The van der Waals surface area contributed by atoms with Crippen molar-refractivity contribution < 1.29 is 23.9 Å². The Kier molecular flexibility index (Phi) is 6.22. The highest BCUT2D eigenvalue weighted by Gasteiger charge is 2.43. The van der Waals surface area contributed by atoms with Crippen LogP contribution in [-0.4, -0.2) is 31.6 Å². The predicted octanol–water partition coefficient (Wildman–Crippen LogP) is 4.68. The summed E-state index contributed by atoms with van der Waals surface area (Å²) in [6.07, 6.45) is 1.46. The average molecular weight is 442 g/mol. The lowest BCUT2D eigenvalue weighted by atomic mass is 10.0. The van der Waals surface area contributed by atoms with Crippen LogP contribution in [0, 0.1) is 0 Å². The molecule has 0 aromatic heterocycles. The number of benzene rings is 3. The van der Waals surface area contributed by atoms with Crippen molar-refractivity contribution in [2.24, 2.45) is 0 Å². The molecule has 3 aromatic carbocycles. The van der Waals surface area contributed by atoms with Crippen LogP contribution < -0.4 is 19.3 Å². The van der Waals surface area contributed by atoms with Gasteiger partial charge in [0.05, 0.1) is 25.1 Å². The lowest BCUT2D eigenvalue weighted by molar-refractivity contribution is -0.121. The summed E-state index contributed by atoms with van der Waals surface area (Å²) in [7, 11) is 1.53. The van der Waals surface area contributed by atoms with Crippen molar-refractivity contribution in [3.05, 3.63) is 90.0 Å². The minimum atomic E-state index is -0.732. The maximum absolute atomic E-state index is 13.4. The second kappa shape index (κ2) is 9.40. The Balaban J connectivity index is 1.84. The maximum Gasteiger partial charge on any atom is 0.343 e. The number of anilines is 2. The molecule has 0 radical (unpaired) electrons. The minimum Gasteiger partial charge on any atom is -0.493 e. The number of ether oxygens (including phenoxy) is 2. The number of rotatable bonds is 6. The van der Waals surface area contributed by atoms with Crippen LogP contribution in [0.2, 0.25) is 0 Å². The Morgan fingerprint density at radius 2 is 1.30 bits per heavy atom. The molecule has 4 amide bonds. The first-order valence-electron chi connectivity index (χ1n) is 10.4. The molecule has 0 saturated carbocycles. The third-order valence-electron chi connectivity index (χ3n) is 5.08. The van der Waals surface area contributed by atoms with Crippen LogP contribution in [0.4, 0.5) is 16.2 Å². The Morgan fingerprint density at radius 1 is 0.758 bits per heavy atom. The fourth-order valence-electron chi connectivity index (χ4n) is 3.56. The number of imide groups is 2. The van der Waals surface area contributed by atoms with Gasteiger partial charge in [0.2, 0.25) is 0 Å². The van der Waals surface area contributed by atoms with Gasteiger partial charge in [-0.1, -0.05) is 42.5 Å². The van der Waals surface area contributed by atoms with Crippen molar-refractivity contribution in [1.29, 1.82) is 0 Å². The van der Waals surface area contributed by atoms with Crippen molar-refractivity contribution >= 4 is 35.3 Å². The lowest BCUT2D eigenvalue weighted by Gasteiger charge is -2.33. The number of barbiturate groups is 1. The summed E-state index contributed by atoms with van der Waals surface area (Å²) in [5.74, 6) is -0.373. The molecule has 1 saturated heterocycles. The van der Waals surface area contributed by atoms with E-state index in [4.69, 9.17) is 9.47 Å². The number of methoxy groups -OCH3 is 1. The molecule has 1 aliphatic rings. The minimum absolute atomic E-state index is 0.144. The van der Waals surface area contributed by atoms with Gasteiger partial charge in [-0.25, -0.2) is 14.6 Å². The highest BCUT2D eigenvalue weighted by molar-refractivity contribution is 6.46. The van der Waals surface area contributed by atoms with Crippen LogP contribution >= 0.6 is 0 Å². The molecular formula is C26H22N2O5. The Labute approximate surface area is 191 Å². The number of nitrogens with zero attached hydrogens (tertiary/aromatic N) is 2. The molecular weight excluding hydrogens is 420 g/mol. The fraction of sp³-hybridized carbons (Fsp3) is 0.115. The van der Waals surface area contributed by atoms with Gasteiger partial charge in [-0.2, -0.15) is 0 Å². The van der Waals surface area contributed by atoms with E-state index in [0.29, 0.717) is 35.0 Å². The van der Waals surface area contributed by atoms with Gasteiger partial charge < -0.3 is 9.47 Å². The molecule has 7 nitrogen and oxygen atoms in total. The molecule has 0 bridgehead atoms. The summed E-state index contributed by atoms with van der Waals surface area (Å²) in [6, 6.07) is 21.4. The highest BCUT2D eigenvalue weighted by atomic mass is 16.5. The van der Waals surface area contributed by atoms with Crippen LogP contribution in [0.3, 0.4) is 0 Å². The van der Waals surface area contributed by atoms with E-state index < -0.39 is 17.8 Å². The largest absolute Gasteiger partial charge is 0.493 e. The van der Waals surface area contributed by atoms with E-state index >= 15 is 0 Å². The number of carbonyl (C=O) groups excluding carboxylic acids is 3. The topological polar surface area (TPSA) is 76.2 Å². The van der Waals surface area contributed by atoms with Gasteiger partial charge in [0.1, 0.15) is 5.57 Å². The van der Waals surface area contributed by atoms with Gasteiger partial charge in [0, 0.05) is 0 Å². The molecule has 3 aromatic rings. The zero-order valence-electron chi connectivity index (χ0n) is 18.2. The van der Waals surface area contributed by atoms with E-state index in [9.17, 15) is 14.4 Å². The predicted molar refractivity (Wildman–Crippen MR) is 125 cm³/mol. The molecule has 7 heteroatoms. The van der Waals surface area contributed by atoms with Crippen LogP contribution in [0.1, 0.15) is 12.5 Å². The van der Waals surface area contributed by atoms with Gasteiger partial charge in [0.15, 0.2) is 11.5 Å². The second-order valence-corrected chi connectivity index (χ2v) is 7.14. The molecule has 1 heterocycles. The monoisotopic (exact) mass is 442 g/mol. The standard InChI is InChI=1S/C26H22N2O5/c1-3-33-23-17-18(14-15-22(23)32-2)16-21-24(29)27(19-10-6-4-7-11-19)26(31)28(25(21)30)20-12-8-5-9-13-20/h4-17H,3H2,1-2H3. The number of carbonyl (C=O) groups is 3. The van der Waals surface area contributed by atoms with Gasteiger partial charge >= 0.3 is 6.03 Å². The van der Waals surface area contributed by atoms with Crippen molar-refractivity contribution in [2.45, 2.75) is 6.92 Å². The summed E-state index contributed by atoms with van der Waals surface area (Å²) in [4.78, 5) is 42.1. The average Bonchev–Trinajstić information content (AvgIpc) is 2.84. The quantitative estimate of drug-likeness (QED) is 0.409. The molecule has 4 rings (SSSR count). The lowest BCUT2D eigenvalue weighted by Crippen LogP contribution is -2.57. The first-order valence-corrected chi connectivity index (χ1v) is 10.4. The van der Waals surface area contributed by atoms with Gasteiger partial charge in [-0.15, -0.1) is 0 Å². The summed E-state index contributed by atoms with van der Waals surface area (Å²) < 4.78 is 10.9. The molecule has 0 aliphatic carbocycles. The summed E-state index contributed by atoms with van der Waals surface area (Å²) in [6.45, 7) is 2.27. The summed E-state index contributed by atoms with van der Waals surface area (Å²) in [5, 5.41) is 0. The third-order valence-corrected chi connectivity index (χ3v) is 5.08. The van der Waals surface area contributed by atoms with Crippen molar-refractivity contribution in [1.82, 2.24) is 0 Å². The van der Waals surface area contributed by atoms with E-state index in [-0.39, 0.29) is 5.57 Å². The molecule has 166 valence electrons. The Hall–Kier alpha value is -4.39. The van der Waals surface area contributed by atoms with E-state index in [2.05, 4.69) is 0 Å². The molecule has 0 spiro atoms. The smallest absolute Gasteiger partial charge is 0.343 e. The summed E-state index contributed by atoms with van der Waals surface area (Å²) >= 11 is 0. The molecule has 0 unspecified atom stereocenters. The molecule has 0 N–H and O–H groups in total. The van der Waals surface area contributed by atoms with Crippen molar-refractivity contribution in [2.75, 3.05) is 23.5 Å². The van der Waals surface area contributed by atoms with Gasteiger partial charge in [-0.05, 0) is 55.0 Å². The van der Waals surface area contributed by atoms with Crippen LogP contribution in [0.5, 0.6) is 11.5 Å². The van der Waals surface area contributed by atoms with Crippen molar-refractivity contribution in [3.8, 4) is 11.5 Å². The maximum atomic E-state index is 13.4. The normalized spacial score (nSPS) is 13.9. The molecule has 0 atom stereocenters. The number of hydrogen-bond acceptors (Lipinski definition) is 5. The summed E-state index contributed by atoms with van der Waals surface area (Å²) in [5.41, 5.74) is 1.16. The number of urea groups is 1. The Morgan fingerprint density at radius 3 is 1.79 bits per heavy atom. The zero-order valence-corrected chi connectivity index (χ0v) is 18.2.